The Bertz CT molecular complexity index is 1350. The number of carbonyl (C=O) groups excluding carboxylic acids is 1. The van der Waals surface area contributed by atoms with E-state index in [0.29, 0.717) is 17.7 Å². The first-order valence-electron chi connectivity index (χ1n) is 10.8. The van der Waals surface area contributed by atoms with Crippen LogP contribution in [0.25, 0.3) is 22.0 Å². The number of fused-ring (bicyclic) bond motifs is 2. The summed E-state index contributed by atoms with van der Waals surface area (Å²) in [6, 6.07) is 15.7. The first-order chi connectivity index (χ1) is 15.8. The minimum Gasteiger partial charge on any atom is -0.478 e. The Balaban J connectivity index is 0.000000275. The van der Waals surface area contributed by atoms with Gasteiger partial charge in [-0.3, -0.25) is 9.59 Å². The highest BCUT2D eigenvalue weighted by atomic mass is 32.1. The van der Waals surface area contributed by atoms with Crippen molar-refractivity contribution in [2.75, 3.05) is 11.9 Å². The Morgan fingerprint density at radius 3 is 2.42 bits per heavy atom. The molecule has 1 unspecified atom stereocenters. The maximum atomic E-state index is 12.4. The van der Waals surface area contributed by atoms with E-state index in [1.54, 1.807) is 29.8 Å². The molecular formula is C26H27N3O3S. The number of aryl methyl sites for hydroxylation is 2. The number of benzene rings is 2. The van der Waals surface area contributed by atoms with Gasteiger partial charge in [-0.2, -0.15) is 0 Å². The molecule has 4 aromatic rings. The van der Waals surface area contributed by atoms with Gasteiger partial charge in [0.25, 0.3) is 11.5 Å². The van der Waals surface area contributed by atoms with E-state index in [9.17, 15) is 9.59 Å². The van der Waals surface area contributed by atoms with Gasteiger partial charge in [-0.1, -0.05) is 36.8 Å². The quantitative estimate of drug-likeness (QED) is 0.415. The van der Waals surface area contributed by atoms with Crippen LogP contribution in [0.1, 0.15) is 18.9 Å². The molecule has 0 spiro atoms. The van der Waals surface area contributed by atoms with Gasteiger partial charge in [-0.15, -0.1) is 12.6 Å². The van der Waals surface area contributed by atoms with Crippen molar-refractivity contribution in [1.82, 2.24) is 9.55 Å². The molecule has 1 aliphatic rings. The Labute approximate surface area is 198 Å². The average Bonchev–Trinajstić information content (AvgIpc) is 3.31. The number of rotatable bonds is 2. The van der Waals surface area contributed by atoms with Crippen LogP contribution in [0.4, 0.5) is 5.69 Å². The van der Waals surface area contributed by atoms with E-state index >= 15 is 0 Å². The Morgan fingerprint density at radius 1 is 1.03 bits per heavy atom. The van der Waals surface area contributed by atoms with Crippen LogP contribution in [-0.2, 0) is 11.8 Å². The number of H-pyrrole nitrogens is 1. The van der Waals surface area contributed by atoms with E-state index in [1.807, 2.05) is 61.7 Å². The van der Waals surface area contributed by atoms with Crippen molar-refractivity contribution < 1.29 is 9.53 Å². The molecule has 1 atom stereocenters. The zero-order chi connectivity index (χ0) is 23.7. The lowest BCUT2D eigenvalue weighted by Gasteiger charge is -2.33. The van der Waals surface area contributed by atoms with Crippen molar-refractivity contribution in [3.05, 3.63) is 76.8 Å². The SMILES string of the molecule is CCC1Oc2c(-c3cn(C)c(=O)c4[nH]ccc34)cccc2N(C)C1=O.Cc1ccc(S)cc1. The molecule has 0 saturated heterocycles. The van der Waals surface area contributed by atoms with Crippen LogP contribution < -0.4 is 15.2 Å². The first kappa shape index (κ1) is 22.7. The lowest BCUT2D eigenvalue weighted by atomic mass is 10.00. The van der Waals surface area contributed by atoms with Crippen LogP contribution in [0.5, 0.6) is 5.75 Å². The largest absolute Gasteiger partial charge is 0.478 e. The van der Waals surface area contributed by atoms with Gasteiger partial charge in [-0.05, 0) is 37.6 Å². The molecule has 170 valence electrons. The lowest BCUT2D eigenvalue weighted by Crippen LogP contribution is -2.43. The van der Waals surface area contributed by atoms with Crippen molar-refractivity contribution in [2.24, 2.45) is 7.05 Å². The van der Waals surface area contributed by atoms with E-state index in [0.717, 1.165) is 27.1 Å². The third-order valence-electron chi connectivity index (χ3n) is 5.81. The molecule has 0 radical (unpaired) electrons. The van der Waals surface area contributed by atoms with E-state index < -0.39 is 6.10 Å². The second-order valence-corrected chi connectivity index (χ2v) is 8.64. The number of nitrogens with zero attached hydrogens (tertiary/aromatic N) is 2. The van der Waals surface area contributed by atoms with Crippen molar-refractivity contribution in [3.63, 3.8) is 0 Å². The molecule has 7 heteroatoms. The number of likely N-dealkylation sites (N-methyl/N-ethyl adjacent to an activating group) is 1. The standard InChI is InChI=1S/C19H19N3O3.C7H8S/c1-4-15-18(23)22(3)14-7-5-6-12(17(14)25-15)13-10-21(2)19(24)16-11(13)8-9-20-16;1-6-2-4-7(8)5-3-6/h5-10,15,20H,4H2,1-3H3;2-5,8H,1H3. The van der Waals surface area contributed by atoms with Crippen molar-refractivity contribution in [3.8, 4) is 16.9 Å². The zero-order valence-corrected chi connectivity index (χ0v) is 20.0. The molecule has 6 nitrogen and oxygen atoms in total. The maximum absolute atomic E-state index is 12.4. The number of aromatic amines is 1. The van der Waals surface area contributed by atoms with E-state index in [-0.39, 0.29) is 11.5 Å². The van der Waals surface area contributed by atoms with Gasteiger partial charge in [0.05, 0.1) is 5.69 Å². The first-order valence-corrected chi connectivity index (χ1v) is 11.3. The van der Waals surface area contributed by atoms with Crippen LogP contribution in [0.15, 0.2) is 70.6 Å². The number of thiol groups is 1. The summed E-state index contributed by atoms with van der Waals surface area (Å²) in [5.41, 5.74) is 4.27. The summed E-state index contributed by atoms with van der Waals surface area (Å²) in [5.74, 6) is 0.636. The minimum absolute atomic E-state index is 0.0422. The number of nitrogens with one attached hydrogen (secondary N) is 1. The van der Waals surface area contributed by atoms with Crippen LogP contribution in [0.2, 0.25) is 0 Å². The van der Waals surface area contributed by atoms with Crippen molar-refractivity contribution in [2.45, 2.75) is 31.3 Å². The third kappa shape index (κ3) is 4.28. The minimum atomic E-state index is -0.493. The summed E-state index contributed by atoms with van der Waals surface area (Å²) >= 11 is 4.13. The van der Waals surface area contributed by atoms with Crippen LogP contribution in [0.3, 0.4) is 0 Å². The van der Waals surface area contributed by atoms with E-state index in [2.05, 4.69) is 24.5 Å². The Morgan fingerprint density at radius 2 is 1.76 bits per heavy atom. The Hall–Kier alpha value is -3.45. The fourth-order valence-corrected chi connectivity index (χ4v) is 4.09. The lowest BCUT2D eigenvalue weighted by molar-refractivity contribution is -0.126. The summed E-state index contributed by atoms with van der Waals surface area (Å²) in [4.78, 5) is 30.4. The molecule has 1 amide bonds. The number of carbonyl (C=O) groups is 1. The number of hydrogen-bond donors (Lipinski definition) is 2. The summed E-state index contributed by atoms with van der Waals surface area (Å²) in [6.45, 7) is 3.99. The maximum Gasteiger partial charge on any atom is 0.274 e. The van der Waals surface area contributed by atoms with Gasteiger partial charge >= 0.3 is 0 Å². The predicted molar refractivity (Wildman–Crippen MR) is 136 cm³/mol. The number of amides is 1. The highest BCUT2D eigenvalue weighted by Gasteiger charge is 2.33. The fraction of sp³-hybridized carbons (Fsp3) is 0.231. The topological polar surface area (TPSA) is 67.3 Å². The highest BCUT2D eigenvalue weighted by Crippen LogP contribution is 2.43. The second kappa shape index (κ2) is 9.19. The van der Waals surface area contributed by atoms with Gasteiger partial charge in [0.2, 0.25) is 0 Å². The van der Waals surface area contributed by atoms with Crippen LogP contribution in [0, 0.1) is 6.92 Å². The van der Waals surface area contributed by atoms with Crippen LogP contribution >= 0.6 is 12.6 Å². The van der Waals surface area contributed by atoms with Gasteiger partial charge in [-0.25, -0.2) is 0 Å². The monoisotopic (exact) mass is 461 g/mol. The van der Waals surface area contributed by atoms with Crippen molar-refractivity contribution >= 4 is 35.1 Å². The third-order valence-corrected chi connectivity index (χ3v) is 6.11. The molecule has 0 aliphatic carbocycles. The van der Waals surface area contributed by atoms with Crippen molar-refractivity contribution in [1.29, 1.82) is 0 Å². The van der Waals surface area contributed by atoms with Gasteiger partial charge in [0.15, 0.2) is 11.9 Å². The van der Waals surface area contributed by atoms with Crippen LogP contribution in [-0.4, -0.2) is 28.6 Å². The molecule has 0 fully saturated rings. The average molecular weight is 462 g/mol. The summed E-state index contributed by atoms with van der Waals surface area (Å²) in [5, 5.41) is 0.840. The molecule has 2 aromatic carbocycles. The van der Waals surface area contributed by atoms with Gasteiger partial charge in [0.1, 0.15) is 5.52 Å². The molecular weight excluding hydrogens is 434 g/mol. The number of ether oxygens (including phenoxy) is 1. The molecule has 5 rings (SSSR count). The predicted octanol–water partition coefficient (Wildman–Crippen LogP) is 4.95. The zero-order valence-electron chi connectivity index (χ0n) is 19.1. The highest BCUT2D eigenvalue weighted by molar-refractivity contribution is 7.80. The Kier molecular flexibility index (Phi) is 6.33. The molecule has 33 heavy (non-hydrogen) atoms. The molecule has 1 aliphatic heterocycles. The number of pyridine rings is 1. The number of anilines is 1. The number of para-hydroxylation sites is 1. The molecule has 0 bridgehead atoms. The smallest absolute Gasteiger partial charge is 0.274 e. The summed E-state index contributed by atoms with van der Waals surface area (Å²) < 4.78 is 7.61. The molecule has 0 saturated carbocycles. The fourth-order valence-electron chi connectivity index (χ4n) is 3.94. The normalized spacial score (nSPS) is 15.0. The molecule has 2 aromatic heterocycles. The molecule has 1 N–H and O–H groups in total. The number of aromatic nitrogens is 2. The summed E-state index contributed by atoms with van der Waals surface area (Å²) in [6.07, 6.45) is 3.68. The van der Waals surface area contributed by atoms with Gasteiger partial charge in [0, 0.05) is 47.9 Å². The van der Waals surface area contributed by atoms with Gasteiger partial charge < -0.3 is 19.2 Å². The van der Waals surface area contributed by atoms with E-state index in [1.165, 1.54) is 5.56 Å². The van der Waals surface area contributed by atoms with E-state index in [4.69, 9.17) is 4.74 Å². The molecule has 3 heterocycles. The summed E-state index contributed by atoms with van der Waals surface area (Å²) in [7, 11) is 3.50. The second-order valence-electron chi connectivity index (χ2n) is 8.13. The number of hydrogen-bond acceptors (Lipinski definition) is 4.